The van der Waals surface area contributed by atoms with Crippen LogP contribution in [0.2, 0.25) is 0 Å². The molecule has 0 aliphatic rings. The minimum absolute atomic E-state index is 0.154. The number of rotatable bonds is 2. The first kappa shape index (κ1) is 8.14. The summed E-state index contributed by atoms with van der Waals surface area (Å²) in [4.78, 5) is 11.4. The molecule has 0 aromatic heterocycles. The van der Waals surface area contributed by atoms with Gasteiger partial charge < -0.3 is 0 Å². The smallest absolute Gasteiger partial charge is 0.249 e. The van der Waals surface area contributed by atoms with Crippen LogP contribution < -0.4 is 4.72 Å². The summed E-state index contributed by atoms with van der Waals surface area (Å²) >= 11 is 1.20. The third-order valence-corrected chi connectivity index (χ3v) is 1.85. The van der Waals surface area contributed by atoms with Gasteiger partial charge in [-0.1, -0.05) is 18.2 Å². The molecule has 57 valence electrons. The Kier molecular flexibility index (Phi) is 2.98. The summed E-state index contributed by atoms with van der Waals surface area (Å²) in [6, 6.07) is 9.59. The third-order valence-electron chi connectivity index (χ3n) is 1.02. The first-order valence-corrected chi connectivity index (χ1v) is 4.00. The van der Waals surface area contributed by atoms with Gasteiger partial charge in [0.25, 0.3) is 0 Å². The zero-order valence-corrected chi connectivity index (χ0v) is 6.97. The Balaban J connectivity index is 2.45. The van der Waals surface area contributed by atoms with Gasteiger partial charge in [-0.15, -0.1) is 0 Å². The molecule has 2 nitrogen and oxygen atoms in total. The van der Waals surface area contributed by atoms with Crippen molar-refractivity contribution in [3.8, 4) is 0 Å². The van der Waals surface area contributed by atoms with Crippen LogP contribution in [0.3, 0.4) is 0 Å². The maximum atomic E-state index is 10.4. The van der Waals surface area contributed by atoms with E-state index >= 15 is 0 Å². The number of hydrogen-bond acceptors (Lipinski definition) is 2. The van der Waals surface area contributed by atoms with Crippen molar-refractivity contribution in [1.82, 2.24) is 4.72 Å². The van der Waals surface area contributed by atoms with Crippen molar-refractivity contribution >= 4 is 17.9 Å². The molecule has 0 saturated carbocycles. The number of carbonyl (C=O) groups excluding carboxylic acids is 1. The first-order chi connectivity index (χ1) is 5.29. The van der Waals surface area contributed by atoms with E-state index in [9.17, 15) is 4.79 Å². The predicted octanol–water partition coefficient (Wildman–Crippen LogP) is 1.84. The van der Waals surface area contributed by atoms with Crippen LogP contribution in [-0.2, 0) is 4.79 Å². The maximum Gasteiger partial charge on any atom is 0.249 e. The number of benzene rings is 1. The SMILES string of the molecule is CC(=O)[N]Sc1ccccc1. The molecule has 11 heavy (non-hydrogen) atoms. The van der Waals surface area contributed by atoms with Gasteiger partial charge in [0.1, 0.15) is 0 Å². The van der Waals surface area contributed by atoms with E-state index in [4.69, 9.17) is 0 Å². The monoisotopic (exact) mass is 166 g/mol. The second-order valence-electron chi connectivity index (χ2n) is 2.01. The standard InChI is InChI=1S/C8H8NOS/c1-7(10)9-11-8-5-3-2-4-6-8/h2-6H,1H3. The van der Waals surface area contributed by atoms with E-state index in [-0.39, 0.29) is 5.91 Å². The highest BCUT2D eigenvalue weighted by atomic mass is 32.2. The van der Waals surface area contributed by atoms with E-state index in [1.54, 1.807) is 0 Å². The van der Waals surface area contributed by atoms with Crippen molar-refractivity contribution < 1.29 is 4.79 Å². The van der Waals surface area contributed by atoms with Gasteiger partial charge >= 0.3 is 0 Å². The molecule has 0 aliphatic carbocycles. The molecule has 0 bridgehead atoms. The molecule has 1 aromatic rings. The number of hydrogen-bond donors (Lipinski definition) is 0. The lowest BCUT2D eigenvalue weighted by molar-refractivity contribution is -0.117. The molecule has 0 atom stereocenters. The Labute approximate surface area is 70.1 Å². The number of carbonyl (C=O) groups is 1. The number of nitrogens with zero attached hydrogens (tertiary/aromatic N) is 1. The fourth-order valence-electron chi connectivity index (χ4n) is 0.598. The summed E-state index contributed by atoms with van der Waals surface area (Å²) in [6.45, 7) is 1.44. The summed E-state index contributed by atoms with van der Waals surface area (Å²) in [6.07, 6.45) is 0. The van der Waals surface area contributed by atoms with Crippen LogP contribution in [0.15, 0.2) is 35.2 Å². The third kappa shape index (κ3) is 3.09. The van der Waals surface area contributed by atoms with Crippen molar-refractivity contribution in [2.45, 2.75) is 11.8 Å². The van der Waals surface area contributed by atoms with Gasteiger partial charge in [-0.25, -0.2) is 0 Å². The minimum atomic E-state index is -0.154. The van der Waals surface area contributed by atoms with E-state index < -0.39 is 0 Å². The normalized spacial score (nSPS) is 9.18. The summed E-state index contributed by atoms with van der Waals surface area (Å²) in [5.74, 6) is -0.154. The van der Waals surface area contributed by atoms with Crippen LogP contribution in [0.5, 0.6) is 0 Å². The quantitative estimate of drug-likeness (QED) is 0.628. The average Bonchev–Trinajstić information content (AvgIpc) is 2.03. The Bertz CT molecular complexity index is 235. The fourth-order valence-corrected chi connectivity index (χ4v) is 1.11. The van der Waals surface area contributed by atoms with Gasteiger partial charge in [-0.05, 0) is 12.1 Å². The van der Waals surface area contributed by atoms with Crippen LogP contribution in [0.25, 0.3) is 0 Å². The first-order valence-electron chi connectivity index (χ1n) is 3.23. The Morgan fingerprint density at radius 2 is 2.00 bits per heavy atom. The molecule has 0 unspecified atom stereocenters. The molecule has 3 heteroatoms. The van der Waals surface area contributed by atoms with Crippen LogP contribution in [0.1, 0.15) is 6.92 Å². The van der Waals surface area contributed by atoms with E-state index in [0.29, 0.717) is 0 Å². The molecule has 0 fully saturated rings. The summed E-state index contributed by atoms with van der Waals surface area (Å²) in [5.41, 5.74) is 0. The molecular weight excluding hydrogens is 158 g/mol. The van der Waals surface area contributed by atoms with Crippen molar-refractivity contribution in [2.24, 2.45) is 0 Å². The van der Waals surface area contributed by atoms with Crippen molar-refractivity contribution in [3.05, 3.63) is 30.3 Å². The molecule has 0 spiro atoms. The second kappa shape index (κ2) is 4.03. The summed E-state index contributed by atoms with van der Waals surface area (Å²) in [7, 11) is 0. The lowest BCUT2D eigenvalue weighted by Gasteiger charge is -1.95. The van der Waals surface area contributed by atoms with Gasteiger partial charge in [0.15, 0.2) is 0 Å². The van der Waals surface area contributed by atoms with Crippen molar-refractivity contribution in [3.63, 3.8) is 0 Å². The molecule has 1 rings (SSSR count). The molecule has 0 saturated heterocycles. The molecule has 1 aromatic carbocycles. The van der Waals surface area contributed by atoms with E-state index in [1.165, 1.54) is 18.9 Å². The summed E-state index contributed by atoms with van der Waals surface area (Å²) < 4.78 is 3.67. The van der Waals surface area contributed by atoms with Gasteiger partial charge in [0.05, 0.1) is 0 Å². The van der Waals surface area contributed by atoms with Gasteiger partial charge in [-0.2, -0.15) is 4.72 Å². The molecule has 1 amide bonds. The highest BCUT2D eigenvalue weighted by Crippen LogP contribution is 2.13. The van der Waals surface area contributed by atoms with E-state index in [2.05, 4.69) is 4.72 Å². The maximum absolute atomic E-state index is 10.4. The van der Waals surface area contributed by atoms with Crippen molar-refractivity contribution in [2.75, 3.05) is 0 Å². The molecule has 0 aliphatic heterocycles. The van der Waals surface area contributed by atoms with Crippen LogP contribution in [0, 0.1) is 0 Å². The predicted molar refractivity (Wildman–Crippen MR) is 45.1 cm³/mol. The lowest BCUT2D eigenvalue weighted by atomic mass is 10.4. The highest BCUT2D eigenvalue weighted by Gasteiger charge is 1.95. The zero-order valence-electron chi connectivity index (χ0n) is 6.15. The Hall–Kier alpha value is -0.960. The highest BCUT2D eigenvalue weighted by molar-refractivity contribution is 7.97. The topological polar surface area (TPSA) is 31.2 Å². The van der Waals surface area contributed by atoms with Gasteiger partial charge in [0.2, 0.25) is 5.91 Å². The number of amides is 1. The van der Waals surface area contributed by atoms with E-state index in [0.717, 1.165) is 4.90 Å². The zero-order chi connectivity index (χ0) is 8.10. The molecular formula is C8H8NOS. The second-order valence-corrected chi connectivity index (χ2v) is 2.85. The van der Waals surface area contributed by atoms with Crippen LogP contribution in [0.4, 0.5) is 0 Å². The summed E-state index contributed by atoms with van der Waals surface area (Å²) in [5, 5.41) is 0. The average molecular weight is 166 g/mol. The van der Waals surface area contributed by atoms with Crippen molar-refractivity contribution in [1.29, 1.82) is 0 Å². The largest absolute Gasteiger partial charge is 0.272 e. The molecule has 1 radical (unpaired) electrons. The lowest BCUT2D eigenvalue weighted by Crippen LogP contribution is -2.00. The van der Waals surface area contributed by atoms with E-state index in [1.807, 2.05) is 30.3 Å². The minimum Gasteiger partial charge on any atom is -0.272 e. The fraction of sp³-hybridized carbons (Fsp3) is 0.125. The van der Waals surface area contributed by atoms with Crippen LogP contribution >= 0.6 is 11.9 Å². The molecule has 0 heterocycles. The van der Waals surface area contributed by atoms with Crippen LogP contribution in [-0.4, -0.2) is 5.91 Å². The Morgan fingerprint density at radius 1 is 1.36 bits per heavy atom. The Morgan fingerprint density at radius 3 is 2.55 bits per heavy atom. The van der Waals surface area contributed by atoms with Gasteiger partial charge in [-0.3, -0.25) is 4.79 Å². The van der Waals surface area contributed by atoms with Gasteiger partial charge in [0, 0.05) is 23.8 Å². The molecule has 0 N–H and O–H groups in total.